The molecule has 1 aromatic rings. The highest BCUT2D eigenvalue weighted by molar-refractivity contribution is 9.10. The van der Waals surface area contributed by atoms with Crippen LogP contribution in [0, 0.1) is 11.3 Å². The number of aliphatic hydroxyl groups is 1. The minimum Gasteiger partial charge on any atom is -0.374 e. The molecule has 1 aromatic carbocycles. The summed E-state index contributed by atoms with van der Waals surface area (Å²) in [6.07, 6.45) is -1.04. The Morgan fingerprint density at radius 1 is 1.45 bits per heavy atom. The monoisotopic (exact) mass is 211 g/mol. The van der Waals surface area contributed by atoms with Gasteiger partial charge in [0, 0.05) is 10.0 Å². The van der Waals surface area contributed by atoms with Gasteiger partial charge in [0.2, 0.25) is 0 Å². The van der Waals surface area contributed by atoms with E-state index in [1.54, 1.807) is 24.3 Å². The topological polar surface area (TPSA) is 44.0 Å². The summed E-state index contributed by atoms with van der Waals surface area (Å²) in [4.78, 5) is 0. The first kappa shape index (κ1) is 8.25. The van der Waals surface area contributed by atoms with E-state index >= 15 is 0 Å². The third kappa shape index (κ3) is 1.79. The van der Waals surface area contributed by atoms with Gasteiger partial charge < -0.3 is 5.11 Å². The molecule has 0 fully saturated rings. The Kier molecular flexibility index (Phi) is 2.64. The quantitative estimate of drug-likeness (QED) is 0.723. The van der Waals surface area contributed by atoms with Crippen molar-refractivity contribution in [2.75, 3.05) is 0 Å². The molecule has 0 aliphatic carbocycles. The molecular weight excluding hydrogens is 206 g/mol. The molecule has 0 unspecified atom stereocenters. The Morgan fingerprint density at radius 2 is 2.09 bits per heavy atom. The summed E-state index contributed by atoms with van der Waals surface area (Å²) in [7, 11) is 0. The number of benzene rings is 1. The molecule has 0 amide bonds. The van der Waals surface area contributed by atoms with Crippen LogP contribution in [0.1, 0.15) is 11.7 Å². The lowest BCUT2D eigenvalue weighted by molar-refractivity contribution is 0.235. The molecule has 1 atom stereocenters. The zero-order chi connectivity index (χ0) is 8.27. The zero-order valence-corrected chi connectivity index (χ0v) is 7.25. The Bertz CT molecular complexity index is 292. The zero-order valence-electron chi connectivity index (χ0n) is 5.66. The summed E-state index contributed by atoms with van der Waals surface area (Å²) in [6.45, 7) is 0. The average molecular weight is 212 g/mol. The average Bonchev–Trinajstić information content (AvgIpc) is 2.04. The number of nitriles is 1. The fourth-order valence-corrected chi connectivity index (χ4v) is 1.27. The largest absolute Gasteiger partial charge is 0.374 e. The van der Waals surface area contributed by atoms with E-state index in [0.29, 0.717) is 5.56 Å². The van der Waals surface area contributed by atoms with Gasteiger partial charge in [-0.25, -0.2) is 0 Å². The van der Waals surface area contributed by atoms with Crippen molar-refractivity contribution in [2.45, 2.75) is 6.10 Å². The Hall–Kier alpha value is -0.850. The molecule has 0 bridgehead atoms. The van der Waals surface area contributed by atoms with Gasteiger partial charge in [-0.2, -0.15) is 5.26 Å². The summed E-state index contributed by atoms with van der Waals surface area (Å²) in [5.41, 5.74) is 0.606. The molecule has 0 saturated carbocycles. The van der Waals surface area contributed by atoms with Gasteiger partial charge in [-0.3, -0.25) is 0 Å². The first-order valence-electron chi connectivity index (χ1n) is 3.08. The van der Waals surface area contributed by atoms with Crippen molar-refractivity contribution >= 4 is 15.9 Å². The maximum atomic E-state index is 9.12. The highest BCUT2D eigenvalue weighted by Crippen LogP contribution is 2.21. The molecule has 0 saturated heterocycles. The van der Waals surface area contributed by atoms with Crippen molar-refractivity contribution in [3.63, 3.8) is 0 Å². The lowest BCUT2D eigenvalue weighted by Crippen LogP contribution is -1.93. The molecule has 0 aliphatic heterocycles. The van der Waals surface area contributed by atoms with Crippen LogP contribution in [0.5, 0.6) is 0 Å². The van der Waals surface area contributed by atoms with Crippen LogP contribution in [-0.4, -0.2) is 5.11 Å². The molecule has 2 nitrogen and oxygen atoms in total. The van der Waals surface area contributed by atoms with E-state index in [0.717, 1.165) is 4.47 Å². The van der Waals surface area contributed by atoms with Crippen LogP contribution < -0.4 is 0 Å². The van der Waals surface area contributed by atoms with Crippen LogP contribution in [0.15, 0.2) is 28.7 Å². The first-order valence-corrected chi connectivity index (χ1v) is 3.87. The molecule has 1 rings (SSSR count). The predicted octanol–water partition coefficient (Wildman–Crippen LogP) is 2.01. The second-order valence-electron chi connectivity index (χ2n) is 2.05. The molecule has 0 aliphatic rings. The molecule has 1 N–H and O–H groups in total. The van der Waals surface area contributed by atoms with Crippen LogP contribution in [-0.2, 0) is 0 Å². The second-order valence-corrected chi connectivity index (χ2v) is 2.91. The van der Waals surface area contributed by atoms with Gasteiger partial charge in [0.15, 0.2) is 6.10 Å². The third-order valence-corrected chi connectivity index (χ3v) is 2.04. The van der Waals surface area contributed by atoms with Crippen molar-refractivity contribution in [2.24, 2.45) is 0 Å². The van der Waals surface area contributed by atoms with Crippen LogP contribution in [0.3, 0.4) is 0 Å². The van der Waals surface area contributed by atoms with Gasteiger partial charge in [0.1, 0.15) is 0 Å². The maximum Gasteiger partial charge on any atom is 0.166 e. The number of aliphatic hydroxyl groups excluding tert-OH is 1. The maximum absolute atomic E-state index is 9.12. The molecule has 3 heteroatoms. The fraction of sp³-hybridized carbons (Fsp3) is 0.125. The standard InChI is InChI=1S/C8H6BrNO/c9-7-4-2-1-3-6(7)8(11)5-10/h1-4,8,11H/t8-/m0/s1. The number of rotatable bonds is 1. The Balaban J connectivity index is 3.05. The SMILES string of the molecule is N#C[C@H](O)c1ccccc1Br. The minimum absolute atomic E-state index is 0.606. The van der Waals surface area contributed by atoms with Gasteiger partial charge in [-0.15, -0.1) is 0 Å². The van der Waals surface area contributed by atoms with Crippen molar-refractivity contribution in [1.29, 1.82) is 5.26 Å². The van der Waals surface area contributed by atoms with Gasteiger partial charge in [0.25, 0.3) is 0 Å². The molecule has 11 heavy (non-hydrogen) atoms. The lowest BCUT2D eigenvalue weighted by Gasteiger charge is -2.02. The van der Waals surface area contributed by atoms with E-state index in [2.05, 4.69) is 15.9 Å². The van der Waals surface area contributed by atoms with Crippen LogP contribution in [0.4, 0.5) is 0 Å². The summed E-state index contributed by atoms with van der Waals surface area (Å²) >= 11 is 3.23. The fourth-order valence-electron chi connectivity index (χ4n) is 0.766. The van der Waals surface area contributed by atoms with Crippen molar-refractivity contribution in [3.8, 4) is 6.07 Å². The predicted molar refractivity (Wildman–Crippen MR) is 44.7 cm³/mol. The minimum atomic E-state index is -1.04. The number of nitrogens with zero attached hydrogens (tertiary/aromatic N) is 1. The van der Waals surface area contributed by atoms with Gasteiger partial charge >= 0.3 is 0 Å². The molecule has 0 heterocycles. The summed E-state index contributed by atoms with van der Waals surface area (Å²) < 4.78 is 0.758. The van der Waals surface area contributed by atoms with Gasteiger partial charge in [-0.05, 0) is 6.07 Å². The molecule has 0 spiro atoms. The summed E-state index contributed by atoms with van der Waals surface area (Å²) in [6, 6.07) is 8.85. The first-order chi connectivity index (χ1) is 5.25. The van der Waals surface area contributed by atoms with Crippen molar-refractivity contribution < 1.29 is 5.11 Å². The molecule has 0 aromatic heterocycles. The summed E-state index contributed by atoms with van der Waals surface area (Å²) in [5, 5.41) is 17.5. The lowest BCUT2D eigenvalue weighted by atomic mass is 10.1. The Labute approximate surface area is 73.2 Å². The third-order valence-electron chi connectivity index (χ3n) is 1.32. The van der Waals surface area contributed by atoms with Gasteiger partial charge in [0.05, 0.1) is 6.07 Å². The van der Waals surface area contributed by atoms with Crippen LogP contribution in [0.2, 0.25) is 0 Å². The molecular formula is C8H6BrNO. The van der Waals surface area contributed by atoms with Crippen molar-refractivity contribution in [3.05, 3.63) is 34.3 Å². The molecule has 56 valence electrons. The van der Waals surface area contributed by atoms with E-state index in [-0.39, 0.29) is 0 Å². The summed E-state index contributed by atoms with van der Waals surface area (Å²) in [5.74, 6) is 0. The van der Waals surface area contributed by atoms with Crippen LogP contribution >= 0.6 is 15.9 Å². The second kappa shape index (κ2) is 3.51. The highest BCUT2D eigenvalue weighted by Gasteiger charge is 2.07. The Morgan fingerprint density at radius 3 is 2.64 bits per heavy atom. The number of hydrogen-bond donors (Lipinski definition) is 1. The smallest absolute Gasteiger partial charge is 0.166 e. The number of hydrogen-bond acceptors (Lipinski definition) is 2. The van der Waals surface area contributed by atoms with E-state index in [4.69, 9.17) is 10.4 Å². The number of halogens is 1. The normalized spacial score (nSPS) is 12.1. The van der Waals surface area contributed by atoms with E-state index in [1.807, 2.05) is 6.07 Å². The van der Waals surface area contributed by atoms with Gasteiger partial charge in [-0.1, -0.05) is 34.1 Å². The van der Waals surface area contributed by atoms with E-state index < -0.39 is 6.10 Å². The molecule has 0 radical (unpaired) electrons. The van der Waals surface area contributed by atoms with Crippen LogP contribution in [0.25, 0.3) is 0 Å². The highest BCUT2D eigenvalue weighted by atomic mass is 79.9. The van der Waals surface area contributed by atoms with E-state index in [1.165, 1.54) is 0 Å². The van der Waals surface area contributed by atoms with E-state index in [9.17, 15) is 0 Å². The van der Waals surface area contributed by atoms with Crippen molar-refractivity contribution in [1.82, 2.24) is 0 Å².